The molecule has 0 unspecified atom stereocenters. The highest BCUT2D eigenvalue weighted by Crippen LogP contribution is 2.27. The average molecular weight is 273 g/mol. The number of fused-ring (bicyclic) bond motifs is 3. The lowest BCUT2D eigenvalue weighted by Gasteiger charge is -2.05. The highest BCUT2D eigenvalue weighted by atomic mass is 16.5. The lowest BCUT2D eigenvalue weighted by atomic mass is 10.1. The van der Waals surface area contributed by atoms with Crippen molar-refractivity contribution in [3.63, 3.8) is 0 Å². The second-order valence-electron chi connectivity index (χ2n) is 4.89. The van der Waals surface area contributed by atoms with E-state index in [1.807, 2.05) is 36.4 Å². The molecule has 3 heteroatoms. The Morgan fingerprint density at radius 2 is 1.86 bits per heavy atom. The van der Waals surface area contributed by atoms with Crippen molar-refractivity contribution in [3.05, 3.63) is 72.6 Å². The van der Waals surface area contributed by atoms with Crippen molar-refractivity contribution in [2.45, 2.75) is 6.61 Å². The maximum Gasteiger partial charge on any atom is 0.130 e. The summed E-state index contributed by atoms with van der Waals surface area (Å²) >= 11 is 0. The van der Waals surface area contributed by atoms with E-state index >= 15 is 0 Å². The third-order valence-electron chi connectivity index (χ3n) is 3.50. The minimum absolute atomic E-state index is 0.447. The van der Waals surface area contributed by atoms with Crippen LogP contribution >= 0.6 is 0 Å². The highest BCUT2D eigenvalue weighted by Gasteiger charge is 2.05. The molecule has 0 amide bonds. The van der Waals surface area contributed by atoms with Gasteiger partial charge in [0.25, 0.3) is 0 Å². The van der Waals surface area contributed by atoms with Crippen molar-refractivity contribution in [1.29, 1.82) is 0 Å². The predicted molar refractivity (Wildman–Crippen MR) is 83.2 cm³/mol. The van der Waals surface area contributed by atoms with Crippen LogP contribution in [0.4, 0.5) is 0 Å². The molecule has 0 aliphatic rings. The quantitative estimate of drug-likeness (QED) is 0.610. The summed E-state index contributed by atoms with van der Waals surface area (Å²) in [7, 11) is 0. The van der Waals surface area contributed by atoms with Crippen LogP contribution in [0.15, 0.2) is 60.8 Å². The number of ether oxygens (including phenoxy) is 1. The van der Waals surface area contributed by atoms with Crippen LogP contribution in [0, 0.1) is 6.07 Å². The van der Waals surface area contributed by atoms with Crippen molar-refractivity contribution >= 4 is 21.8 Å². The fraction of sp³-hybridized carbons (Fsp3) is 0.0556. The van der Waals surface area contributed by atoms with Crippen molar-refractivity contribution in [1.82, 2.24) is 9.97 Å². The Balaban J connectivity index is 1.66. The number of rotatable bonds is 3. The topological polar surface area (TPSA) is 37.9 Å². The molecule has 1 N–H and O–H groups in total. The maximum absolute atomic E-state index is 5.76. The zero-order chi connectivity index (χ0) is 14.1. The molecule has 0 saturated heterocycles. The zero-order valence-corrected chi connectivity index (χ0v) is 11.3. The van der Waals surface area contributed by atoms with E-state index in [1.165, 1.54) is 5.39 Å². The average Bonchev–Trinajstić information content (AvgIpc) is 2.91. The van der Waals surface area contributed by atoms with Gasteiger partial charge in [-0.1, -0.05) is 24.3 Å². The molecule has 101 valence electrons. The molecule has 1 radical (unpaired) electrons. The summed E-state index contributed by atoms with van der Waals surface area (Å²) in [5.74, 6) is 0.722. The van der Waals surface area contributed by atoms with Crippen LogP contribution in [0.25, 0.3) is 21.8 Å². The van der Waals surface area contributed by atoms with E-state index in [1.54, 1.807) is 6.20 Å². The van der Waals surface area contributed by atoms with Gasteiger partial charge in [0.05, 0.1) is 17.3 Å². The second kappa shape index (κ2) is 4.94. The molecule has 3 nitrogen and oxygen atoms in total. The van der Waals surface area contributed by atoms with Gasteiger partial charge in [-0.15, -0.1) is 0 Å². The van der Waals surface area contributed by atoms with Crippen LogP contribution in [0.1, 0.15) is 5.69 Å². The van der Waals surface area contributed by atoms with E-state index < -0.39 is 0 Å². The zero-order valence-electron chi connectivity index (χ0n) is 11.3. The number of aromatic nitrogens is 2. The molecular formula is C18H13N2O. The van der Waals surface area contributed by atoms with Crippen molar-refractivity contribution in [3.8, 4) is 5.75 Å². The van der Waals surface area contributed by atoms with Crippen LogP contribution in [-0.2, 0) is 6.61 Å². The molecule has 0 bridgehead atoms. The molecule has 2 aromatic heterocycles. The number of pyridine rings is 1. The summed E-state index contributed by atoms with van der Waals surface area (Å²) in [5, 5.41) is 2.37. The first kappa shape index (κ1) is 12.0. The summed E-state index contributed by atoms with van der Waals surface area (Å²) in [5.41, 5.74) is 2.99. The van der Waals surface area contributed by atoms with Gasteiger partial charge in [0.2, 0.25) is 0 Å². The number of nitrogens with zero attached hydrogens (tertiary/aromatic N) is 1. The van der Waals surface area contributed by atoms with Gasteiger partial charge in [-0.25, -0.2) is 0 Å². The molecule has 4 aromatic rings. The van der Waals surface area contributed by atoms with Crippen molar-refractivity contribution < 1.29 is 4.74 Å². The summed E-state index contributed by atoms with van der Waals surface area (Å²) in [6.07, 6.45) is 1.77. The van der Waals surface area contributed by atoms with E-state index in [0.29, 0.717) is 6.61 Å². The number of aromatic amines is 1. The van der Waals surface area contributed by atoms with Gasteiger partial charge in [0, 0.05) is 22.5 Å². The molecule has 0 fully saturated rings. The minimum atomic E-state index is 0.447. The normalized spacial score (nSPS) is 11.0. The van der Waals surface area contributed by atoms with Crippen LogP contribution in [0.2, 0.25) is 0 Å². The van der Waals surface area contributed by atoms with Gasteiger partial charge < -0.3 is 9.72 Å². The van der Waals surface area contributed by atoms with Gasteiger partial charge in [0.15, 0.2) is 0 Å². The molecule has 0 saturated carbocycles. The van der Waals surface area contributed by atoms with Crippen LogP contribution in [0.3, 0.4) is 0 Å². The molecule has 4 rings (SSSR count). The third-order valence-corrected chi connectivity index (χ3v) is 3.50. The molecule has 21 heavy (non-hydrogen) atoms. The van der Waals surface area contributed by atoms with Gasteiger partial charge in [-0.2, -0.15) is 0 Å². The standard InChI is InChI=1S/C18H13N2O/c1-2-7-17-15(6-1)16-9-8-14(11-18(16)20-17)21-12-13-5-3-4-10-19-13/h1-10,20H,12H2. The first-order valence-corrected chi connectivity index (χ1v) is 6.85. The molecular weight excluding hydrogens is 260 g/mol. The van der Waals surface area contributed by atoms with E-state index in [2.05, 4.69) is 34.2 Å². The summed E-state index contributed by atoms with van der Waals surface area (Å²) in [6.45, 7) is 0.447. The maximum atomic E-state index is 5.76. The summed E-state index contributed by atoms with van der Waals surface area (Å²) in [6, 6.07) is 21.3. The monoisotopic (exact) mass is 273 g/mol. The Morgan fingerprint density at radius 1 is 0.952 bits per heavy atom. The lowest BCUT2D eigenvalue weighted by Crippen LogP contribution is -1.97. The number of hydrogen-bond acceptors (Lipinski definition) is 2. The number of benzene rings is 2. The van der Waals surface area contributed by atoms with Crippen LogP contribution in [-0.4, -0.2) is 9.97 Å². The number of nitrogens with one attached hydrogen (secondary N) is 1. The Bertz CT molecular complexity index is 897. The van der Waals surface area contributed by atoms with Crippen LogP contribution < -0.4 is 4.74 Å². The highest BCUT2D eigenvalue weighted by molar-refractivity contribution is 6.07. The molecule has 0 aliphatic carbocycles. The van der Waals surface area contributed by atoms with E-state index in [0.717, 1.165) is 27.9 Å². The van der Waals surface area contributed by atoms with Crippen LogP contribution in [0.5, 0.6) is 5.75 Å². The van der Waals surface area contributed by atoms with Gasteiger partial charge in [-0.3, -0.25) is 4.98 Å². The molecule has 0 spiro atoms. The SMILES string of the molecule is [c]1c(OCc2ccccn2)ccc2c1[nH]c1ccccc12. The summed E-state index contributed by atoms with van der Waals surface area (Å²) in [4.78, 5) is 7.61. The molecule has 0 atom stereocenters. The Labute approximate surface area is 122 Å². The van der Waals surface area contributed by atoms with Gasteiger partial charge in [0.1, 0.15) is 12.4 Å². The fourth-order valence-corrected chi connectivity index (χ4v) is 2.48. The Morgan fingerprint density at radius 3 is 2.76 bits per heavy atom. The lowest BCUT2D eigenvalue weighted by molar-refractivity contribution is 0.301. The van der Waals surface area contributed by atoms with E-state index in [-0.39, 0.29) is 0 Å². The first-order valence-electron chi connectivity index (χ1n) is 6.85. The number of H-pyrrole nitrogens is 1. The van der Waals surface area contributed by atoms with E-state index in [4.69, 9.17) is 4.74 Å². The van der Waals surface area contributed by atoms with Gasteiger partial charge in [-0.05, 0) is 30.3 Å². The molecule has 2 aromatic carbocycles. The summed E-state index contributed by atoms with van der Waals surface area (Å²) < 4.78 is 5.76. The Hall–Kier alpha value is -2.81. The molecule has 2 heterocycles. The first-order chi connectivity index (χ1) is 10.4. The van der Waals surface area contributed by atoms with Gasteiger partial charge >= 0.3 is 0 Å². The third kappa shape index (κ3) is 2.23. The van der Waals surface area contributed by atoms with Crippen molar-refractivity contribution in [2.24, 2.45) is 0 Å². The molecule has 0 aliphatic heterocycles. The predicted octanol–water partition coefficient (Wildman–Crippen LogP) is 4.10. The fourth-order valence-electron chi connectivity index (χ4n) is 2.48. The number of para-hydroxylation sites is 1. The minimum Gasteiger partial charge on any atom is -0.487 e. The van der Waals surface area contributed by atoms with Crippen molar-refractivity contribution in [2.75, 3.05) is 0 Å². The van der Waals surface area contributed by atoms with E-state index in [9.17, 15) is 0 Å². The second-order valence-corrected chi connectivity index (χ2v) is 4.89. The largest absolute Gasteiger partial charge is 0.487 e. The Kier molecular flexibility index (Phi) is 2.82. The smallest absolute Gasteiger partial charge is 0.130 e. The number of hydrogen-bond donors (Lipinski definition) is 1.